The lowest BCUT2D eigenvalue weighted by Gasteiger charge is -2.32. The Morgan fingerprint density at radius 3 is 2.53 bits per heavy atom. The van der Waals surface area contributed by atoms with E-state index in [1.54, 1.807) is 7.11 Å². The lowest BCUT2D eigenvalue weighted by molar-refractivity contribution is 0.202. The van der Waals surface area contributed by atoms with Crippen LogP contribution in [0.15, 0.2) is 24.3 Å². The van der Waals surface area contributed by atoms with Gasteiger partial charge in [0, 0.05) is 31.1 Å². The molecule has 1 aromatic carbocycles. The SMILES string of the molecule is CCC(CC)N(CCOC)c1cccc(N)c1. The molecule has 3 heteroatoms. The van der Waals surface area contributed by atoms with Crippen molar-refractivity contribution < 1.29 is 4.74 Å². The van der Waals surface area contributed by atoms with Gasteiger partial charge in [-0.3, -0.25) is 0 Å². The Morgan fingerprint density at radius 1 is 1.29 bits per heavy atom. The molecule has 0 aliphatic carbocycles. The molecule has 96 valence electrons. The summed E-state index contributed by atoms with van der Waals surface area (Å²) in [6.07, 6.45) is 2.27. The quantitative estimate of drug-likeness (QED) is 0.740. The molecular formula is C14H24N2O. The van der Waals surface area contributed by atoms with Crippen molar-refractivity contribution in [2.45, 2.75) is 32.7 Å². The Morgan fingerprint density at radius 2 is 2.00 bits per heavy atom. The minimum Gasteiger partial charge on any atom is -0.399 e. The molecule has 0 heterocycles. The van der Waals surface area contributed by atoms with Crippen LogP contribution in [0.4, 0.5) is 11.4 Å². The predicted molar refractivity (Wildman–Crippen MR) is 74.4 cm³/mol. The van der Waals surface area contributed by atoms with Gasteiger partial charge in [0.1, 0.15) is 0 Å². The largest absolute Gasteiger partial charge is 0.399 e. The number of nitrogen functional groups attached to an aromatic ring is 1. The van der Waals surface area contributed by atoms with Gasteiger partial charge in [0.25, 0.3) is 0 Å². The van der Waals surface area contributed by atoms with Gasteiger partial charge in [-0.15, -0.1) is 0 Å². The average Bonchev–Trinajstić information content (AvgIpc) is 2.34. The molecule has 2 N–H and O–H groups in total. The first-order valence-corrected chi connectivity index (χ1v) is 6.34. The van der Waals surface area contributed by atoms with Gasteiger partial charge in [-0.05, 0) is 31.0 Å². The van der Waals surface area contributed by atoms with E-state index < -0.39 is 0 Å². The first kappa shape index (κ1) is 13.8. The Hall–Kier alpha value is -1.22. The summed E-state index contributed by atoms with van der Waals surface area (Å²) in [5, 5.41) is 0. The van der Waals surface area contributed by atoms with Gasteiger partial charge in [-0.1, -0.05) is 19.9 Å². The van der Waals surface area contributed by atoms with Crippen molar-refractivity contribution in [1.29, 1.82) is 0 Å². The number of rotatable bonds is 7. The first-order valence-electron chi connectivity index (χ1n) is 6.34. The molecule has 0 radical (unpaired) electrons. The molecule has 0 spiro atoms. The van der Waals surface area contributed by atoms with Crippen molar-refractivity contribution in [2.24, 2.45) is 0 Å². The maximum Gasteiger partial charge on any atom is 0.0637 e. The van der Waals surface area contributed by atoms with Crippen LogP contribution in [0.2, 0.25) is 0 Å². The Labute approximate surface area is 105 Å². The number of nitrogens with zero attached hydrogens (tertiary/aromatic N) is 1. The second-order valence-corrected chi connectivity index (χ2v) is 4.25. The molecule has 17 heavy (non-hydrogen) atoms. The zero-order chi connectivity index (χ0) is 12.7. The van der Waals surface area contributed by atoms with Gasteiger partial charge in [0.05, 0.1) is 6.61 Å². The van der Waals surface area contributed by atoms with Crippen molar-refractivity contribution in [3.63, 3.8) is 0 Å². The Bertz CT molecular complexity index is 324. The number of methoxy groups -OCH3 is 1. The molecule has 0 aromatic heterocycles. The molecule has 0 bridgehead atoms. The van der Waals surface area contributed by atoms with E-state index >= 15 is 0 Å². The fourth-order valence-corrected chi connectivity index (χ4v) is 2.15. The van der Waals surface area contributed by atoms with E-state index in [1.165, 1.54) is 5.69 Å². The number of ether oxygens (including phenoxy) is 1. The number of hydrogen-bond acceptors (Lipinski definition) is 3. The summed E-state index contributed by atoms with van der Waals surface area (Å²) in [5.41, 5.74) is 7.86. The highest BCUT2D eigenvalue weighted by molar-refractivity contribution is 5.56. The summed E-state index contributed by atoms with van der Waals surface area (Å²) in [4.78, 5) is 2.39. The highest BCUT2D eigenvalue weighted by Gasteiger charge is 2.15. The van der Waals surface area contributed by atoms with Crippen LogP contribution in [0.5, 0.6) is 0 Å². The molecule has 0 atom stereocenters. The standard InChI is InChI=1S/C14H24N2O/c1-4-13(5-2)16(9-10-17-3)14-8-6-7-12(15)11-14/h6-8,11,13H,4-5,9-10,15H2,1-3H3. The molecule has 1 aromatic rings. The fraction of sp³-hybridized carbons (Fsp3) is 0.571. The van der Waals surface area contributed by atoms with E-state index in [1.807, 2.05) is 18.2 Å². The summed E-state index contributed by atoms with van der Waals surface area (Å²) in [5.74, 6) is 0. The molecule has 0 aliphatic rings. The van der Waals surface area contributed by atoms with Crippen LogP contribution in [0, 0.1) is 0 Å². The van der Waals surface area contributed by atoms with Crippen LogP contribution in [0.3, 0.4) is 0 Å². The smallest absolute Gasteiger partial charge is 0.0637 e. The molecule has 0 saturated heterocycles. The van der Waals surface area contributed by atoms with Crippen molar-refractivity contribution in [3.05, 3.63) is 24.3 Å². The minimum atomic E-state index is 0.548. The maximum atomic E-state index is 5.85. The molecule has 0 fully saturated rings. The summed E-state index contributed by atoms with van der Waals surface area (Å²) in [7, 11) is 1.74. The van der Waals surface area contributed by atoms with Crippen LogP contribution < -0.4 is 10.6 Å². The second kappa shape index (κ2) is 7.17. The Kier molecular flexibility index (Phi) is 5.84. The third-order valence-electron chi connectivity index (χ3n) is 3.12. The van der Waals surface area contributed by atoms with E-state index in [2.05, 4.69) is 24.8 Å². The van der Waals surface area contributed by atoms with Gasteiger partial charge < -0.3 is 15.4 Å². The van der Waals surface area contributed by atoms with Gasteiger partial charge in [-0.25, -0.2) is 0 Å². The Balaban J connectivity index is 2.88. The lowest BCUT2D eigenvalue weighted by atomic mass is 10.1. The van der Waals surface area contributed by atoms with E-state index in [9.17, 15) is 0 Å². The zero-order valence-corrected chi connectivity index (χ0v) is 11.1. The third kappa shape index (κ3) is 3.93. The number of anilines is 2. The first-order chi connectivity index (χ1) is 8.22. The molecule has 1 rings (SSSR count). The van der Waals surface area contributed by atoms with Crippen molar-refractivity contribution in [2.75, 3.05) is 30.9 Å². The van der Waals surface area contributed by atoms with Crippen LogP contribution >= 0.6 is 0 Å². The van der Waals surface area contributed by atoms with Crippen molar-refractivity contribution in [3.8, 4) is 0 Å². The monoisotopic (exact) mass is 236 g/mol. The summed E-state index contributed by atoms with van der Waals surface area (Å²) in [6, 6.07) is 8.63. The average molecular weight is 236 g/mol. The van der Waals surface area contributed by atoms with Gasteiger partial charge >= 0.3 is 0 Å². The maximum absolute atomic E-state index is 5.85. The van der Waals surface area contributed by atoms with Crippen molar-refractivity contribution >= 4 is 11.4 Å². The summed E-state index contributed by atoms with van der Waals surface area (Å²) < 4.78 is 5.19. The second-order valence-electron chi connectivity index (χ2n) is 4.25. The predicted octanol–water partition coefficient (Wildman–Crippen LogP) is 2.91. The number of nitrogens with two attached hydrogens (primary N) is 1. The van der Waals surface area contributed by atoms with Crippen LogP contribution in [-0.2, 0) is 4.74 Å². The van der Waals surface area contributed by atoms with Crippen LogP contribution in [0.25, 0.3) is 0 Å². The van der Waals surface area contributed by atoms with Gasteiger partial charge in [0.15, 0.2) is 0 Å². The molecule has 0 aliphatic heterocycles. The molecule has 3 nitrogen and oxygen atoms in total. The third-order valence-corrected chi connectivity index (χ3v) is 3.12. The molecule has 0 unspecified atom stereocenters. The molecular weight excluding hydrogens is 212 g/mol. The molecule has 0 amide bonds. The fourth-order valence-electron chi connectivity index (χ4n) is 2.15. The van der Waals surface area contributed by atoms with E-state index in [4.69, 9.17) is 10.5 Å². The van der Waals surface area contributed by atoms with E-state index in [0.717, 1.165) is 31.7 Å². The van der Waals surface area contributed by atoms with E-state index in [0.29, 0.717) is 6.04 Å². The highest BCUT2D eigenvalue weighted by Crippen LogP contribution is 2.22. The highest BCUT2D eigenvalue weighted by atomic mass is 16.5. The van der Waals surface area contributed by atoms with Crippen molar-refractivity contribution in [1.82, 2.24) is 0 Å². The zero-order valence-electron chi connectivity index (χ0n) is 11.1. The van der Waals surface area contributed by atoms with Gasteiger partial charge in [-0.2, -0.15) is 0 Å². The van der Waals surface area contributed by atoms with Crippen LogP contribution in [-0.4, -0.2) is 26.3 Å². The van der Waals surface area contributed by atoms with E-state index in [-0.39, 0.29) is 0 Å². The topological polar surface area (TPSA) is 38.5 Å². The minimum absolute atomic E-state index is 0.548. The molecule has 0 saturated carbocycles. The van der Waals surface area contributed by atoms with Crippen LogP contribution in [0.1, 0.15) is 26.7 Å². The summed E-state index contributed by atoms with van der Waals surface area (Å²) in [6.45, 7) is 6.10. The number of hydrogen-bond donors (Lipinski definition) is 1. The number of benzene rings is 1. The summed E-state index contributed by atoms with van der Waals surface area (Å²) >= 11 is 0. The normalized spacial score (nSPS) is 10.8. The lowest BCUT2D eigenvalue weighted by Crippen LogP contribution is -2.37. The van der Waals surface area contributed by atoms with Gasteiger partial charge in [0.2, 0.25) is 0 Å².